The maximum absolute atomic E-state index is 14.3. The predicted molar refractivity (Wildman–Crippen MR) is 509 cm³/mol. The van der Waals surface area contributed by atoms with E-state index >= 15 is 0 Å². The van der Waals surface area contributed by atoms with E-state index in [0.29, 0.717) is 36.3 Å². The van der Waals surface area contributed by atoms with Crippen LogP contribution in [0, 0.1) is 17.2 Å². The van der Waals surface area contributed by atoms with Gasteiger partial charge in [0.1, 0.15) is 134 Å². The van der Waals surface area contributed by atoms with E-state index in [0.717, 1.165) is 21.0 Å². The standard InChI is InChI=1S/C39H53N13O18P2S2.C19H26N8O13P2.C18H23N5O4S2/c1-39(2,3)69-38(57)47-23(10-9-22(74-73-4)14-43-37(56)63-15-20-5-7-21(8-6-20)49-50-42)35(54)68-31-26(67-34(30(31)53)52-19-46-29-32(41)44-18-45-33(29)52)17-65-72(61,62)70-24-13-28(51-12-11-27(40)48-36(51)55)66-25(24)16-64-71(58,59)60;20-11-1-2-26(19(30)25-11)12-3-8(9(38-12)4-36-41(31,32)33)40-42(34,35)37-5-10-14(28)15(29)18(39-10)27-7-24-13-16(21)22-6-23-17(13)27;1-13(17(24)26-10-9-19)3-8-16(29-28-2)11-21-18(25)27-12-14-4-6-15(7-5-14)22-23-20/h5-8,11-12,18-19,22-26,28,30-31,34,53H,9-10,13-17H2,1-4H3,(H,43,56)(H,47,57)(H,61,62)(H2,40,48,55)(H2,41,44,45)(H2,58,59,60);1-2,6-10,12,14-15,18,28-29H,3-5H2,(H,34,35)(H2,20,25,30)(H2,21,22,23)(H2,31,32,33);4-7,13,16H,3,8,10-12H2,1-2H3,(H,21,25)/t22-,23-,24-,25+,26+,28+,30+,31+,34+;8-,9+,10+,12+,14+,15+,18+;13-,16-/m000/s1. The number of rotatable bonds is 45. The van der Waals surface area contributed by atoms with Crippen molar-refractivity contribution in [2.75, 3.05) is 81.6 Å². The molecule has 0 saturated carbocycles. The molecule has 0 aliphatic carbocycles. The quantitative estimate of drug-likeness (QED) is 0.00412. The summed E-state index contributed by atoms with van der Waals surface area (Å²) < 4.78 is 134. The maximum Gasteiger partial charge on any atom is 0.472 e. The number of nitrogens with two attached hydrogens (primary N) is 4. The number of phosphoric ester groups is 4. The number of nitrogens with zero attached hydrogens (tertiary/aromatic N) is 19. The number of nitrogen functional groups attached to an aromatic ring is 4. The zero-order valence-corrected chi connectivity index (χ0v) is 83.9. The molecule has 12 rings (SSSR count). The van der Waals surface area contributed by atoms with Crippen molar-refractivity contribution in [3.63, 3.8) is 0 Å². The Bertz CT molecular complexity index is 6240. The number of imidazole rings is 2. The smallest absolute Gasteiger partial charge is 0.455 e. The van der Waals surface area contributed by atoms with Gasteiger partial charge in [-0.2, -0.15) is 15.2 Å². The lowest BCUT2D eigenvalue weighted by Gasteiger charge is -2.27. The fourth-order valence-electron chi connectivity index (χ4n) is 14.0. The van der Waals surface area contributed by atoms with E-state index in [1.807, 2.05) is 6.26 Å². The molecule has 3 amide bonds. The molecule has 20 N–H and O–H groups in total. The Morgan fingerprint density at radius 1 is 0.566 bits per heavy atom. The van der Waals surface area contributed by atoms with Crippen LogP contribution in [0.5, 0.6) is 0 Å². The van der Waals surface area contributed by atoms with Crippen LogP contribution >= 0.6 is 74.5 Å². The second-order valence-corrected chi connectivity index (χ2v) is 43.1. The Kier molecular flexibility index (Phi) is 42.7. The number of azide groups is 2. The molecule has 69 heteroatoms. The Morgan fingerprint density at radius 3 is 1.43 bits per heavy atom. The van der Waals surface area contributed by atoms with Gasteiger partial charge in [-0.05, 0) is 93.3 Å². The summed E-state index contributed by atoms with van der Waals surface area (Å²) in [6.45, 7) is 3.40. The van der Waals surface area contributed by atoms with Crippen molar-refractivity contribution in [2.45, 2.75) is 188 Å². The van der Waals surface area contributed by atoms with Crippen molar-refractivity contribution in [2.24, 2.45) is 16.1 Å². The lowest BCUT2D eigenvalue weighted by atomic mass is 10.0. The first kappa shape index (κ1) is 116. The SMILES string of the molecule is CSS[C@@H](CC[C@H](C)C(=O)OCC#N)CNC(=O)OCc1ccc(N=[N+]=[N-])cc1.CSS[C@@H](CC[C@H](NC(=O)OC(C)(C)C)C(=O)O[C@H]1[C@@H](O)[C@H](n2cnc3c(N)ncnc32)O[C@@H]1COP(=O)(O)O[C@H]1C[C@H](n2ccc(N)nc2=O)O[C@@H]1COP(=O)(O)O)CNC(=O)OCc1ccc(N=[N+]=[N-])cc1.Nc1ccn([C@H]2C[C@H](OP(=O)(O)OC[C@H]3O[C@@H](n4cnc5c(N)ncnc54)[C@H](O)[C@@H]3O)[C@@H](COP(=O)(O)O)O2)c(=O)n1. The minimum absolute atomic E-state index is 0.0288. The van der Waals surface area contributed by atoms with E-state index < -0.39 is 202 Å². The number of fused-ring (bicyclic) bond motifs is 2. The van der Waals surface area contributed by atoms with E-state index in [1.54, 1.807) is 110 Å². The van der Waals surface area contributed by atoms with Gasteiger partial charge in [0, 0.05) is 70.0 Å². The molecule has 2 aromatic carbocycles. The number of hydrogen-bond donors (Lipinski definition) is 16. The first-order valence-electron chi connectivity index (χ1n) is 42.8. The molecule has 0 spiro atoms. The van der Waals surface area contributed by atoms with Crippen LogP contribution in [0.25, 0.3) is 43.2 Å². The van der Waals surface area contributed by atoms with Gasteiger partial charge in [-0.15, -0.1) is 0 Å². The third-order valence-corrected chi connectivity index (χ3v) is 28.3. The molecule has 8 aromatic rings. The number of benzene rings is 2. The van der Waals surface area contributed by atoms with E-state index in [2.05, 4.69) is 84.9 Å². The summed E-state index contributed by atoms with van der Waals surface area (Å²) in [5.74, 6) is -1.98. The number of nitriles is 1. The fraction of sp³-hybridized carbons (Fsp3) is 0.526. The topological polar surface area (TPSA) is 893 Å². The van der Waals surface area contributed by atoms with Crippen LogP contribution in [0.2, 0.25) is 0 Å². The number of phosphoric acid groups is 4. The molecule has 4 fully saturated rings. The first-order chi connectivity index (χ1) is 68.6. The molecular weight excluding hydrogens is 2090 g/mol. The third-order valence-electron chi connectivity index (χ3n) is 20.8. The number of esters is 2. The summed E-state index contributed by atoms with van der Waals surface area (Å²) in [6, 6.07) is 15.9. The summed E-state index contributed by atoms with van der Waals surface area (Å²) >= 11 is 0. The number of alkyl carbamates (subject to hydrolysis) is 3. The largest absolute Gasteiger partial charge is 0.472 e. The Labute approximate surface area is 835 Å². The Morgan fingerprint density at radius 2 is 1.00 bits per heavy atom. The molecular formula is C76H102N26O35P4S4. The van der Waals surface area contributed by atoms with Gasteiger partial charge in [0.05, 0.1) is 45.0 Å². The predicted octanol–water partition coefficient (Wildman–Crippen LogP) is 5.72. The minimum Gasteiger partial charge on any atom is -0.455 e. The molecule has 4 aliphatic rings. The van der Waals surface area contributed by atoms with Gasteiger partial charge in [-0.3, -0.25) is 50.2 Å². The molecule has 0 bridgehead atoms. The maximum atomic E-state index is 14.3. The van der Waals surface area contributed by atoms with Gasteiger partial charge in [-0.25, -0.2) is 76.9 Å². The number of hydrogen-bond acceptors (Lipinski definition) is 48. The number of aliphatic hydroxyl groups is 3. The summed E-state index contributed by atoms with van der Waals surface area (Å²) in [5.41, 5.74) is 40.0. The second-order valence-electron chi connectivity index (χ2n) is 32.3. The number of anilines is 4. The van der Waals surface area contributed by atoms with Crippen LogP contribution in [0.4, 0.5) is 49.0 Å². The molecule has 10 heterocycles. The molecule has 4 aliphatic heterocycles. The summed E-state index contributed by atoms with van der Waals surface area (Å²) in [4.78, 5) is 184. The lowest BCUT2D eigenvalue weighted by molar-refractivity contribution is -0.159. The van der Waals surface area contributed by atoms with Crippen LogP contribution in [0.15, 0.2) is 118 Å². The molecule has 145 heavy (non-hydrogen) atoms. The third kappa shape index (κ3) is 35.3. The zero-order chi connectivity index (χ0) is 106. The average molecular weight is 2190 g/mol. The fourth-order valence-corrected chi connectivity index (χ4v) is 20.5. The van der Waals surface area contributed by atoms with E-state index in [4.69, 9.17) is 110 Å². The summed E-state index contributed by atoms with van der Waals surface area (Å²) in [5, 5.41) is 56.0. The highest BCUT2D eigenvalue weighted by Gasteiger charge is 2.52. The Hall–Kier alpha value is -11.1. The van der Waals surface area contributed by atoms with Gasteiger partial charge >= 0.3 is 72.9 Å². The number of amides is 3. The lowest BCUT2D eigenvalue weighted by Crippen LogP contribution is -2.48. The van der Waals surface area contributed by atoms with E-state index in [-0.39, 0.29) is 109 Å². The minimum atomic E-state index is -5.31. The van der Waals surface area contributed by atoms with Crippen molar-refractivity contribution in [1.29, 1.82) is 5.26 Å². The van der Waals surface area contributed by atoms with Gasteiger partial charge in [-0.1, -0.05) is 109 Å². The molecule has 61 nitrogen and oxygen atoms in total. The van der Waals surface area contributed by atoms with Crippen molar-refractivity contribution in [3.8, 4) is 6.07 Å². The van der Waals surface area contributed by atoms with Crippen LogP contribution in [0.1, 0.15) is 102 Å². The first-order valence-corrected chi connectivity index (χ1v) is 54.1. The van der Waals surface area contributed by atoms with E-state index in [1.165, 1.54) is 74.2 Å². The van der Waals surface area contributed by atoms with Crippen LogP contribution in [-0.4, -0.2) is 275 Å². The monoisotopic (exact) mass is 2190 g/mol. The average Bonchev–Trinajstić information content (AvgIpc) is 1.61. The highest BCUT2D eigenvalue weighted by Crippen LogP contribution is 2.53. The number of ether oxygens (including phenoxy) is 9. The number of aromatic nitrogens is 12. The van der Waals surface area contributed by atoms with Crippen LogP contribution in [-0.2, 0) is 111 Å². The number of carbonyl (C=O) groups is 5. The number of carbonyl (C=O) groups excluding carboxylic acids is 5. The van der Waals surface area contributed by atoms with E-state index in [9.17, 15) is 86.7 Å². The molecule has 20 atom stereocenters. The van der Waals surface area contributed by atoms with Crippen molar-refractivity contribution < 1.29 is 157 Å². The molecule has 6 aromatic heterocycles. The highest BCUT2D eigenvalue weighted by atomic mass is 33.1. The highest BCUT2D eigenvalue weighted by molar-refractivity contribution is 8.77. The van der Waals surface area contributed by atoms with Gasteiger partial charge in [0.15, 0.2) is 48.1 Å². The number of nitrogens with one attached hydrogen (secondary N) is 3. The van der Waals surface area contributed by atoms with Crippen molar-refractivity contribution in [3.05, 3.63) is 151 Å². The normalized spacial score (nSPS) is 22.5. The summed E-state index contributed by atoms with van der Waals surface area (Å²) in [6.07, 6.45) is -11.1. The molecule has 2 unspecified atom stereocenters. The summed E-state index contributed by atoms with van der Waals surface area (Å²) in [7, 11) is -14.5. The molecule has 4 saturated heterocycles. The van der Waals surface area contributed by atoms with Gasteiger partial charge in [0.25, 0.3) is 0 Å². The van der Waals surface area contributed by atoms with Crippen molar-refractivity contribution in [1.82, 2.24) is 74.1 Å². The molecule has 0 radical (unpaired) electrons. The van der Waals surface area contributed by atoms with Crippen LogP contribution in [0.3, 0.4) is 0 Å². The van der Waals surface area contributed by atoms with Crippen molar-refractivity contribution >= 4 is 162 Å². The number of aliphatic hydroxyl groups excluding tert-OH is 3. The molecule has 790 valence electrons. The Balaban J connectivity index is 0.000000253. The zero-order valence-electron chi connectivity index (χ0n) is 77.1. The van der Waals surface area contributed by atoms with Gasteiger partial charge in [0.2, 0.25) is 0 Å². The van der Waals surface area contributed by atoms with Gasteiger partial charge < -0.3 is 126 Å². The second kappa shape index (κ2) is 53.5. The van der Waals surface area contributed by atoms with Crippen LogP contribution < -0.4 is 50.3 Å².